The van der Waals surface area contributed by atoms with Crippen LogP contribution in [0.25, 0.3) is 0 Å². The predicted octanol–water partition coefficient (Wildman–Crippen LogP) is 2.84. The van der Waals surface area contributed by atoms with Crippen LogP contribution in [-0.2, 0) is 6.54 Å². The SMILES string of the molecule is CCCNc1ccc(C(=O)NCc2ccccc2OC)cn1. The Bertz CT molecular complexity index is 612. The van der Waals surface area contributed by atoms with Crippen LogP contribution >= 0.6 is 0 Å². The third-order valence-electron chi connectivity index (χ3n) is 3.21. The van der Waals surface area contributed by atoms with E-state index in [4.69, 9.17) is 4.74 Å². The molecule has 0 aliphatic rings. The minimum absolute atomic E-state index is 0.152. The smallest absolute Gasteiger partial charge is 0.253 e. The third kappa shape index (κ3) is 4.22. The third-order valence-corrected chi connectivity index (χ3v) is 3.21. The van der Waals surface area contributed by atoms with E-state index in [0.717, 1.165) is 30.1 Å². The summed E-state index contributed by atoms with van der Waals surface area (Å²) < 4.78 is 5.26. The summed E-state index contributed by atoms with van der Waals surface area (Å²) in [6, 6.07) is 11.2. The Morgan fingerprint density at radius 2 is 2.05 bits per heavy atom. The van der Waals surface area contributed by atoms with Crippen LogP contribution in [0.15, 0.2) is 42.6 Å². The van der Waals surface area contributed by atoms with E-state index in [0.29, 0.717) is 12.1 Å². The van der Waals surface area contributed by atoms with Crippen LogP contribution < -0.4 is 15.4 Å². The molecule has 1 amide bonds. The molecule has 0 bridgehead atoms. The molecule has 2 aromatic rings. The van der Waals surface area contributed by atoms with E-state index in [1.54, 1.807) is 19.4 Å². The van der Waals surface area contributed by atoms with Crippen molar-refractivity contribution in [3.63, 3.8) is 0 Å². The van der Waals surface area contributed by atoms with Crippen molar-refractivity contribution in [1.82, 2.24) is 10.3 Å². The molecular formula is C17H21N3O2. The topological polar surface area (TPSA) is 63.2 Å². The average Bonchev–Trinajstić information content (AvgIpc) is 2.58. The molecule has 2 rings (SSSR count). The zero-order chi connectivity index (χ0) is 15.8. The number of hydrogen-bond donors (Lipinski definition) is 2. The first-order valence-electron chi connectivity index (χ1n) is 7.34. The number of methoxy groups -OCH3 is 1. The number of ether oxygens (including phenoxy) is 1. The Morgan fingerprint density at radius 3 is 2.73 bits per heavy atom. The lowest BCUT2D eigenvalue weighted by molar-refractivity contribution is 0.0950. The molecule has 1 heterocycles. The second-order valence-electron chi connectivity index (χ2n) is 4.85. The first kappa shape index (κ1) is 15.8. The zero-order valence-electron chi connectivity index (χ0n) is 12.9. The molecule has 0 unspecified atom stereocenters. The summed E-state index contributed by atoms with van der Waals surface area (Å²) in [5, 5.41) is 6.05. The molecular weight excluding hydrogens is 278 g/mol. The number of para-hydroxylation sites is 1. The summed E-state index contributed by atoms with van der Waals surface area (Å²) >= 11 is 0. The Balaban J connectivity index is 1.94. The summed E-state index contributed by atoms with van der Waals surface area (Å²) in [4.78, 5) is 16.4. The highest BCUT2D eigenvalue weighted by atomic mass is 16.5. The van der Waals surface area contributed by atoms with Crippen LogP contribution in [-0.4, -0.2) is 24.5 Å². The number of hydrogen-bond acceptors (Lipinski definition) is 4. The molecule has 0 atom stereocenters. The summed E-state index contributed by atoms with van der Waals surface area (Å²) in [6.45, 7) is 3.37. The van der Waals surface area contributed by atoms with E-state index in [1.165, 1.54) is 0 Å². The van der Waals surface area contributed by atoms with Gasteiger partial charge in [0.15, 0.2) is 0 Å². The molecule has 2 N–H and O–H groups in total. The summed E-state index contributed by atoms with van der Waals surface area (Å²) in [7, 11) is 1.62. The van der Waals surface area contributed by atoms with Gasteiger partial charge in [-0.1, -0.05) is 25.1 Å². The van der Waals surface area contributed by atoms with E-state index in [2.05, 4.69) is 22.5 Å². The van der Waals surface area contributed by atoms with Crippen LogP contribution in [0.5, 0.6) is 5.75 Å². The molecule has 0 radical (unpaired) electrons. The molecule has 0 aliphatic heterocycles. The number of aromatic nitrogens is 1. The fourth-order valence-corrected chi connectivity index (χ4v) is 2.01. The Hall–Kier alpha value is -2.56. The number of pyridine rings is 1. The van der Waals surface area contributed by atoms with Gasteiger partial charge < -0.3 is 15.4 Å². The van der Waals surface area contributed by atoms with Crippen molar-refractivity contribution < 1.29 is 9.53 Å². The van der Waals surface area contributed by atoms with Gasteiger partial charge in [0.05, 0.1) is 12.7 Å². The molecule has 1 aromatic carbocycles. The van der Waals surface area contributed by atoms with E-state index in [9.17, 15) is 4.79 Å². The van der Waals surface area contributed by atoms with Gasteiger partial charge in [-0.15, -0.1) is 0 Å². The molecule has 0 saturated carbocycles. The number of anilines is 1. The van der Waals surface area contributed by atoms with Gasteiger partial charge in [0.1, 0.15) is 11.6 Å². The first-order chi connectivity index (χ1) is 10.7. The van der Waals surface area contributed by atoms with Gasteiger partial charge in [-0.3, -0.25) is 4.79 Å². The number of nitrogens with one attached hydrogen (secondary N) is 2. The van der Waals surface area contributed by atoms with Gasteiger partial charge in [0, 0.05) is 24.8 Å². The highest BCUT2D eigenvalue weighted by molar-refractivity contribution is 5.94. The van der Waals surface area contributed by atoms with Crippen molar-refractivity contribution in [2.24, 2.45) is 0 Å². The average molecular weight is 299 g/mol. The lowest BCUT2D eigenvalue weighted by atomic mass is 10.2. The van der Waals surface area contributed by atoms with Crippen molar-refractivity contribution >= 4 is 11.7 Å². The number of carbonyl (C=O) groups excluding carboxylic acids is 1. The minimum Gasteiger partial charge on any atom is -0.496 e. The Labute approximate surface area is 130 Å². The van der Waals surface area contributed by atoms with E-state index >= 15 is 0 Å². The normalized spacial score (nSPS) is 10.1. The molecule has 0 spiro atoms. The molecule has 22 heavy (non-hydrogen) atoms. The van der Waals surface area contributed by atoms with Gasteiger partial charge in [-0.05, 0) is 24.6 Å². The predicted molar refractivity (Wildman–Crippen MR) is 87.2 cm³/mol. The summed E-state index contributed by atoms with van der Waals surface area (Å²) in [6.07, 6.45) is 2.61. The number of nitrogens with zero attached hydrogens (tertiary/aromatic N) is 1. The molecule has 0 aliphatic carbocycles. The number of amides is 1. The molecule has 0 fully saturated rings. The lowest BCUT2D eigenvalue weighted by Gasteiger charge is -2.10. The van der Waals surface area contributed by atoms with Gasteiger partial charge in [0.2, 0.25) is 0 Å². The van der Waals surface area contributed by atoms with Gasteiger partial charge in [-0.2, -0.15) is 0 Å². The molecule has 1 aromatic heterocycles. The van der Waals surface area contributed by atoms with Crippen LogP contribution in [0.2, 0.25) is 0 Å². The second kappa shape index (κ2) is 8.02. The van der Waals surface area contributed by atoms with Crippen LogP contribution in [0, 0.1) is 0 Å². The van der Waals surface area contributed by atoms with Gasteiger partial charge >= 0.3 is 0 Å². The van der Waals surface area contributed by atoms with Crippen LogP contribution in [0.4, 0.5) is 5.82 Å². The van der Waals surface area contributed by atoms with Crippen molar-refractivity contribution in [3.05, 3.63) is 53.7 Å². The maximum atomic E-state index is 12.1. The Morgan fingerprint density at radius 1 is 1.23 bits per heavy atom. The van der Waals surface area contributed by atoms with Crippen LogP contribution in [0.3, 0.4) is 0 Å². The number of carbonyl (C=O) groups is 1. The van der Waals surface area contributed by atoms with Gasteiger partial charge in [0.25, 0.3) is 5.91 Å². The van der Waals surface area contributed by atoms with E-state index in [1.807, 2.05) is 30.3 Å². The Kier molecular flexibility index (Phi) is 5.77. The first-order valence-corrected chi connectivity index (χ1v) is 7.34. The fraction of sp³-hybridized carbons (Fsp3) is 0.294. The summed E-state index contributed by atoms with van der Waals surface area (Å²) in [5.74, 6) is 1.39. The fourth-order valence-electron chi connectivity index (χ4n) is 2.01. The molecule has 0 saturated heterocycles. The van der Waals surface area contributed by atoms with Crippen molar-refractivity contribution in [2.45, 2.75) is 19.9 Å². The maximum absolute atomic E-state index is 12.1. The highest BCUT2D eigenvalue weighted by Crippen LogP contribution is 2.16. The monoisotopic (exact) mass is 299 g/mol. The number of benzene rings is 1. The van der Waals surface area contributed by atoms with Crippen molar-refractivity contribution in [1.29, 1.82) is 0 Å². The molecule has 5 heteroatoms. The molecule has 116 valence electrons. The van der Waals surface area contributed by atoms with Crippen molar-refractivity contribution in [2.75, 3.05) is 19.0 Å². The van der Waals surface area contributed by atoms with E-state index in [-0.39, 0.29) is 5.91 Å². The summed E-state index contributed by atoms with van der Waals surface area (Å²) in [5.41, 5.74) is 1.48. The van der Waals surface area contributed by atoms with Crippen molar-refractivity contribution in [3.8, 4) is 5.75 Å². The molecule has 5 nitrogen and oxygen atoms in total. The van der Waals surface area contributed by atoms with Crippen LogP contribution in [0.1, 0.15) is 29.3 Å². The zero-order valence-corrected chi connectivity index (χ0v) is 12.9. The maximum Gasteiger partial charge on any atom is 0.253 e. The quantitative estimate of drug-likeness (QED) is 0.825. The largest absolute Gasteiger partial charge is 0.496 e. The highest BCUT2D eigenvalue weighted by Gasteiger charge is 2.08. The lowest BCUT2D eigenvalue weighted by Crippen LogP contribution is -2.23. The number of rotatable bonds is 7. The second-order valence-corrected chi connectivity index (χ2v) is 4.85. The standard InChI is InChI=1S/C17H21N3O2/c1-3-10-18-16-9-8-14(12-19-16)17(21)20-11-13-6-4-5-7-15(13)22-2/h4-9,12H,3,10-11H2,1-2H3,(H,18,19)(H,20,21). The minimum atomic E-state index is -0.152. The van der Waals surface area contributed by atoms with E-state index < -0.39 is 0 Å². The van der Waals surface area contributed by atoms with Gasteiger partial charge in [-0.25, -0.2) is 4.98 Å².